The van der Waals surface area contributed by atoms with Gasteiger partial charge in [0, 0.05) is 31.4 Å². The van der Waals surface area contributed by atoms with Crippen molar-refractivity contribution in [1.82, 2.24) is 14.5 Å². The Balaban J connectivity index is 1.78. The Bertz CT molecular complexity index is 642. The number of hydrogen-bond donors (Lipinski definition) is 1. The van der Waals surface area contributed by atoms with E-state index in [1.165, 1.54) is 48.9 Å². The summed E-state index contributed by atoms with van der Waals surface area (Å²) in [5.74, 6) is 0. The van der Waals surface area contributed by atoms with Gasteiger partial charge in [-0.3, -0.25) is 19.2 Å². The number of hydrogen-bond acceptors (Lipinski definition) is 6. The van der Waals surface area contributed by atoms with E-state index in [-0.39, 0.29) is 6.10 Å². The van der Waals surface area contributed by atoms with Gasteiger partial charge in [-0.15, -0.1) is 0 Å². The first-order valence-corrected chi connectivity index (χ1v) is 9.16. The Morgan fingerprint density at radius 2 is 2.04 bits per heavy atom. The van der Waals surface area contributed by atoms with Crippen molar-refractivity contribution in [2.45, 2.75) is 50.5 Å². The third kappa shape index (κ3) is 4.45. The molecule has 1 N–H and O–H groups in total. The molecule has 2 atom stereocenters. The smallest absolute Gasteiger partial charge is 0.330 e. The van der Waals surface area contributed by atoms with Gasteiger partial charge in [0.1, 0.15) is 6.61 Å². The van der Waals surface area contributed by atoms with E-state index in [4.69, 9.17) is 9.62 Å². The lowest BCUT2D eigenvalue weighted by Crippen LogP contribution is -2.53. The van der Waals surface area contributed by atoms with Crippen molar-refractivity contribution in [3.63, 3.8) is 0 Å². The zero-order valence-electron chi connectivity index (χ0n) is 13.4. The predicted molar refractivity (Wildman–Crippen MR) is 94.7 cm³/mol. The van der Waals surface area contributed by atoms with Crippen LogP contribution in [0.5, 0.6) is 0 Å². The average molecular weight is 451 g/mol. The van der Waals surface area contributed by atoms with Crippen LogP contribution in [0.1, 0.15) is 38.3 Å². The second kappa shape index (κ2) is 8.56. The number of aromatic nitrogens is 2. The van der Waals surface area contributed by atoms with Crippen LogP contribution in [-0.4, -0.2) is 46.3 Å². The first-order chi connectivity index (χ1) is 11.7. The Morgan fingerprint density at radius 1 is 1.25 bits per heavy atom. The molecule has 9 heteroatoms. The molecule has 1 saturated heterocycles. The van der Waals surface area contributed by atoms with Crippen LogP contribution in [0.25, 0.3) is 0 Å². The molecule has 2 fully saturated rings. The first-order valence-electron chi connectivity index (χ1n) is 8.28. The molecular weight excluding hydrogens is 429 g/mol. The summed E-state index contributed by atoms with van der Waals surface area (Å²) in [5.41, 5.74) is -0.864. The minimum atomic E-state index is -0.456. The van der Waals surface area contributed by atoms with E-state index in [1.807, 2.05) is 0 Å². The minimum Gasteiger partial charge on any atom is -0.349 e. The van der Waals surface area contributed by atoms with Crippen molar-refractivity contribution < 1.29 is 12.8 Å². The molecule has 0 spiro atoms. The summed E-state index contributed by atoms with van der Waals surface area (Å²) in [6.07, 6.45) is 6.95. The van der Waals surface area contributed by atoms with Crippen molar-refractivity contribution in [1.29, 1.82) is 0 Å². The second-order valence-corrected chi connectivity index (χ2v) is 6.68. The molecule has 0 radical (unpaired) electrons. The van der Waals surface area contributed by atoms with Crippen LogP contribution in [0.2, 0.25) is 0 Å². The molecule has 1 aliphatic carbocycles. The first kappa shape index (κ1) is 18.1. The van der Waals surface area contributed by atoms with Gasteiger partial charge < -0.3 is 4.74 Å². The summed E-state index contributed by atoms with van der Waals surface area (Å²) in [7, 11) is 0. The van der Waals surface area contributed by atoms with Gasteiger partial charge in [0.15, 0.2) is 29.2 Å². The van der Waals surface area contributed by atoms with Gasteiger partial charge in [-0.1, -0.05) is 19.3 Å². The minimum absolute atomic E-state index is 0.195. The van der Waals surface area contributed by atoms with Crippen LogP contribution in [-0.2, 0) is 12.8 Å². The molecule has 134 valence electrons. The fourth-order valence-electron chi connectivity index (χ4n) is 3.59. The molecule has 2 heterocycles. The number of H-pyrrole nitrogens is 1. The van der Waals surface area contributed by atoms with E-state index in [0.717, 1.165) is 6.54 Å². The van der Waals surface area contributed by atoms with E-state index in [9.17, 15) is 9.59 Å². The Morgan fingerprint density at radius 3 is 2.75 bits per heavy atom. The lowest BCUT2D eigenvalue weighted by molar-refractivity contribution is -0.224. The van der Waals surface area contributed by atoms with Gasteiger partial charge in [0.25, 0.3) is 5.56 Å². The van der Waals surface area contributed by atoms with Crippen LogP contribution in [0.15, 0.2) is 21.9 Å². The SMILES string of the molecule is O=c1ccn([C@H]2CN(C3CCCCC3)C[C@@H](COOI)O2)c(=O)[nH]1. The fourth-order valence-corrected chi connectivity index (χ4v) is 3.74. The third-order valence-electron chi connectivity index (χ3n) is 4.73. The normalized spacial score (nSPS) is 26.5. The van der Waals surface area contributed by atoms with Gasteiger partial charge in [-0.05, 0) is 12.8 Å². The highest BCUT2D eigenvalue weighted by molar-refractivity contribution is 14.1. The molecule has 2 aliphatic rings. The number of morpholine rings is 1. The maximum atomic E-state index is 12.1. The highest BCUT2D eigenvalue weighted by atomic mass is 127. The van der Waals surface area contributed by atoms with Crippen LogP contribution >= 0.6 is 23.0 Å². The van der Waals surface area contributed by atoms with E-state index in [1.54, 1.807) is 23.0 Å². The number of aromatic amines is 1. The van der Waals surface area contributed by atoms with Crippen molar-refractivity contribution in [2.75, 3.05) is 19.7 Å². The average Bonchev–Trinajstić information content (AvgIpc) is 2.60. The summed E-state index contributed by atoms with van der Waals surface area (Å²) < 4.78 is 12.1. The van der Waals surface area contributed by atoms with E-state index < -0.39 is 17.5 Å². The summed E-state index contributed by atoms with van der Waals surface area (Å²) in [5, 5.41) is 0. The van der Waals surface area contributed by atoms with Crippen molar-refractivity contribution in [3.8, 4) is 0 Å². The molecular formula is C15H22IN3O5. The maximum Gasteiger partial charge on any atom is 0.330 e. The monoisotopic (exact) mass is 451 g/mol. The molecule has 3 rings (SSSR count). The highest BCUT2D eigenvalue weighted by Gasteiger charge is 2.34. The molecule has 1 aliphatic heterocycles. The maximum absolute atomic E-state index is 12.1. The molecule has 1 aromatic heterocycles. The number of halogens is 1. The molecule has 0 amide bonds. The Kier molecular flexibility index (Phi) is 6.44. The third-order valence-corrected chi connectivity index (χ3v) is 4.98. The van der Waals surface area contributed by atoms with E-state index >= 15 is 0 Å². The molecule has 0 bridgehead atoms. The lowest BCUT2D eigenvalue weighted by Gasteiger charge is -2.43. The van der Waals surface area contributed by atoms with Crippen molar-refractivity contribution in [3.05, 3.63) is 33.1 Å². The van der Waals surface area contributed by atoms with E-state index in [2.05, 4.69) is 13.1 Å². The lowest BCUT2D eigenvalue weighted by atomic mass is 9.93. The van der Waals surface area contributed by atoms with Gasteiger partial charge in [-0.2, -0.15) is 3.22 Å². The predicted octanol–water partition coefficient (Wildman–Crippen LogP) is 1.37. The standard InChI is InChI=1S/C15H22IN3O5/c16-24-22-10-12-8-18(11-4-2-1-3-5-11)9-14(23-12)19-7-6-13(20)17-15(19)21/h6-7,11-12,14H,1-5,8-10H2,(H,17,20,21)/t12-,14+/m0/s1. The molecule has 1 aromatic rings. The van der Waals surface area contributed by atoms with Crippen LogP contribution < -0.4 is 11.2 Å². The molecule has 8 nitrogen and oxygen atoms in total. The van der Waals surface area contributed by atoms with Gasteiger partial charge >= 0.3 is 5.69 Å². The Labute approximate surface area is 153 Å². The van der Waals surface area contributed by atoms with Gasteiger partial charge in [0.2, 0.25) is 0 Å². The quantitative estimate of drug-likeness (QED) is 0.414. The fraction of sp³-hybridized carbons (Fsp3) is 0.733. The summed E-state index contributed by atoms with van der Waals surface area (Å²) in [6.45, 7) is 1.66. The molecule has 1 saturated carbocycles. The van der Waals surface area contributed by atoms with E-state index in [0.29, 0.717) is 19.2 Å². The van der Waals surface area contributed by atoms with Crippen LogP contribution in [0, 0.1) is 0 Å². The van der Waals surface area contributed by atoms with Crippen LogP contribution in [0.3, 0.4) is 0 Å². The number of nitrogens with zero attached hydrogens (tertiary/aromatic N) is 2. The van der Waals surface area contributed by atoms with Gasteiger partial charge in [-0.25, -0.2) is 9.68 Å². The Hall–Kier alpha value is -0.750. The van der Waals surface area contributed by atoms with Gasteiger partial charge in [0.05, 0.1) is 6.10 Å². The molecule has 0 aromatic carbocycles. The second-order valence-electron chi connectivity index (χ2n) is 6.32. The zero-order valence-corrected chi connectivity index (χ0v) is 15.5. The largest absolute Gasteiger partial charge is 0.349 e. The highest BCUT2D eigenvalue weighted by Crippen LogP contribution is 2.28. The summed E-state index contributed by atoms with van der Waals surface area (Å²) in [6, 6.07) is 1.84. The summed E-state index contributed by atoms with van der Waals surface area (Å²) >= 11 is 1.67. The molecule has 24 heavy (non-hydrogen) atoms. The number of ether oxygens (including phenoxy) is 1. The van der Waals surface area contributed by atoms with Crippen molar-refractivity contribution >= 4 is 23.0 Å². The summed E-state index contributed by atoms with van der Waals surface area (Å²) in [4.78, 5) is 33.1. The number of nitrogens with one attached hydrogen (secondary N) is 1. The topological polar surface area (TPSA) is 85.8 Å². The number of rotatable bonds is 5. The van der Waals surface area contributed by atoms with Crippen LogP contribution in [0.4, 0.5) is 0 Å². The molecule has 0 unspecified atom stereocenters. The zero-order chi connectivity index (χ0) is 16.9. The van der Waals surface area contributed by atoms with Crippen molar-refractivity contribution in [2.24, 2.45) is 0 Å².